The fraction of sp³-hybridized carbons (Fsp3) is 0.0588. The van der Waals surface area contributed by atoms with E-state index in [0.717, 1.165) is 5.39 Å². The Morgan fingerprint density at radius 3 is 2.09 bits per heavy atom. The van der Waals surface area contributed by atoms with Gasteiger partial charge in [0.25, 0.3) is 0 Å². The van der Waals surface area contributed by atoms with Gasteiger partial charge in [-0.15, -0.1) is 0 Å². The van der Waals surface area contributed by atoms with E-state index >= 15 is 0 Å². The third-order valence-electron chi connectivity index (χ3n) is 3.28. The van der Waals surface area contributed by atoms with E-state index in [4.69, 9.17) is 8.92 Å². The Morgan fingerprint density at radius 2 is 1.41 bits per heavy atom. The lowest BCUT2D eigenvalue weighted by Gasteiger charge is -2.11. The first kappa shape index (κ1) is 14.4. The van der Waals surface area contributed by atoms with Crippen LogP contribution in [0.3, 0.4) is 0 Å². The lowest BCUT2D eigenvalue weighted by Crippen LogP contribution is -2.10. The van der Waals surface area contributed by atoms with E-state index in [1.807, 2.05) is 12.1 Å². The molecule has 0 N–H and O–H groups in total. The molecule has 0 saturated carbocycles. The molecule has 3 aromatic carbocycles. The average molecular weight is 314 g/mol. The minimum Gasteiger partial charge on any atom is -0.496 e. The Kier molecular flexibility index (Phi) is 3.73. The van der Waals surface area contributed by atoms with Crippen LogP contribution in [0.4, 0.5) is 0 Å². The van der Waals surface area contributed by atoms with Gasteiger partial charge >= 0.3 is 10.1 Å². The molecule has 22 heavy (non-hydrogen) atoms. The molecular formula is C17H14O4S. The van der Waals surface area contributed by atoms with Crippen molar-refractivity contribution in [1.82, 2.24) is 0 Å². The normalized spacial score (nSPS) is 11.3. The molecule has 0 heterocycles. The summed E-state index contributed by atoms with van der Waals surface area (Å²) in [7, 11) is -2.37. The van der Waals surface area contributed by atoms with Crippen molar-refractivity contribution in [3.8, 4) is 11.5 Å². The van der Waals surface area contributed by atoms with Gasteiger partial charge in [0.1, 0.15) is 16.4 Å². The van der Waals surface area contributed by atoms with Gasteiger partial charge in [0.05, 0.1) is 7.11 Å². The first-order valence-electron chi connectivity index (χ1n) is 6.67. The monoisotopic (exact) mass is 314 g/mol. The number of fused-ring (bicyclic) bond motifs is 1. The molecule has 112 valence electrons. The zero-order chi connectivity index (χ0) is 15.6. The minimum absolute atomic E-state index is 0.118. The molecule has 0 aliphatic carbocycles. The van der Waals surface area contributed by atoms with E-state index in [1.165, 1.54) is 6.07 Å². The molecule has 0 bridgehead atoms. The Morgan fingerprint density at radius 1 is 0.773 bits per heavy atom. The summed E-state index contributed by atoms with van der Waals surface area (Å²) < 4.78 is 35.6. The van der Waals surface area contributed by atoms with Crippen LogP contribution in [0.25, 0.3) is 10.8 Å². The molecule has 3 rings (SSSR count). The van der Waals surface area contributed by atoms with Gasteiger partial charge in [0.2, 0.25) is 0 Å². The van der Waals surface area contributed by atoms with E-state index in [9.17, 15) is 8.42 Å². The molecule has 4 nitrogen and oxygen atoms in total. The molecule has 0 unspecified atom stereocenters. The molecule has 0 saturated heterocycles. The van der Waals surface area contributed by atoms with Gasteiger partial charge in [-0.3, -0.25) is 0 Å². The lowest BCUT2D eigenvalue weighted by atomic mass is 10.1. The zero-order valence-corrected chi connectivity index (χ0v) is 12.7. The van der Waals surface area contributed by atoms with Crippen LogP contribution in [0.15, 0.2) is 71.6 Å². The summed E-state index contributed by atoms with van der Waals surface area (Å²) >= 11 is 0. The van der Waals surface area contributed by atoms with Crippen LogP contribution < -0.4 is 8.92 Å². The van der Waals surface area contributed by atoms with Crippen molar-refractivity contribution in [2.24, 2.45) is 0 Å². The quantitative estimate of drug-likeness (QED) is 0.690. The molecule has 0 spiro atoms. The summed E-state index contributed by atoms with van der Waals surface area (Å²) in [5, 5.41) is 1.29. The molecule has 0 atom stereocenters. The van der Waals surface area contributed by atoms with E-state index in [2.05, 4.69) is 0 Å². The van der Waals surface area contributed by atoms with E-state index in [0.29, 0.717) is 11.1 Å². The van der Waals surface area contributed by atoms with Crippen LogP contribution in [0.1, 0.15) is 0 Å². The van der Waals surface area contributed by atoms with Crippen LogP contribution >= 0.6 is 0 Å². The van der Waals surface area contributed by atoms with Crippen molar-refractivity contribution in [2.45, 2.75) is 4.90 Å². The number of methoxy groups -OCH3 is 1. The maximum Gasteiger partial charge on any atom is 0.339 e. The number of hydrogen-bond acceptors (Lipinski definition) is 4. The summed E-state index contributed by atoms with van der Waals surface area (Å²) in [6.45, 7) is 0. The van der Waals surface area contributed by atoms with Gasteiger partial charge in [0, 0.05) is 10.8 Å². The first-order chi connectivity index (χ1) is 10.6. The highest BCUT2D eigenvalue weighted by Crippen LogP contribution is 2.32. The Bertz CT molecular complexity index is 902. The summed E-state index contributed by atoms with van der Waals surface area (Å²) in [5.41, 5.74) is 0. The zero-order valence-electron chi connectivity index (χ0n) is 11.9. The van der Waals surface area contributed by atoms with E-state index in [-0.39, 0.29) is 10.6 Å². The molecular weight excluding hydrogens is 300 g/mol. The van der Waals surface area contributed by atoms with Crippen LogP contribution in [0.5, 0.6) is 11.5 Å². The Hall–Kier alpha value is -2.53. The minimum atomic E-state index is -3.92. The SMILES string of the molecule is COc1ccc(S(=O)(=O)Oc2ccccc2)c2ccccc12. The summed E-state index contributed by atoms with van der Waals surface area (Å²) in [4.78, 5) is 0.118. The number of para-hydroxylation sites is 1. The first-order valence-corrected chi connectivity index (χ1v) is 8.08. The lowest BCUT2D eigenvalue weighted by molar-refractivity contribution is 0.419. The van der Waals surface area contributed by atoms with Crippen molar-refractivity contribution in [3.63, 3.8) is 0 Å². The second-order valence-electron chi connectivity index (χ2n) is 4.66. The van der Waals surface area contributed by atoms with Gasteiger partial charge < -0.3 is 8.92 Å². The molecule has 0 aliphatic heterocycles. The van der Waals surface area contributed by atoms with Crippen molar-refractivity contribution >= 4 is 20.9 Å². The molecule has 0 aromatic heterocycles. The second kappa shape index (κ2) is 5.69. The topological polar surface area (TPSA) is 52.6 Å². The molecule has 0 fully saturated rings. The highest BCUT2D eigenvalue weighted by Gasteiger charge is 2.21. The maximum atomic E-state index is 12.6. The number of hydrogen-bond donors (Lipinski definition) is 0. The molecule has 3 aromatic rings. The van der Waals surface area contributed by atoms with Crippen molar-refractivity contribution in [1.29, 1.82) is 0 Å². The van der Waals surface area contributed by atoms with Gasteiger partial charge in [-0.05, 0) is 24.3 Å². The number of benzene rings is 3. The third-order valence-corrected chi connectivity index (χ3v) is 4.59. The largest absolute Gasteiger partial charge is 0.496 e. The average Bonchev–Trinajstić information content (AvgIpc) is 2.54. The van der Waals surface area contributed by atoms with Gasteiger partial charge in [-0.2, -0.15) is 8.42 Å². The standard InChI is InChI=1S/C17H14O4S/c1-20-16-11-12-17(15-10-6-5-9-14(15)16)22(18,19)21-13-7-3-2-4-8-13/h2-12H,1H3. The molecule has 0 aliphatic rings. The smallest absolute Gasteiger partial charge is 0.339 e. The number of rotatable bonds is 4. The van der Waals surface area contributed by atoms with Crippen molar-refractivity contribution in [3.05, 3.63) is 66.7 Å². The van der Waals surface area contributed by atoms with Gasteiger partial charge in [-0.25, -0.2) is 0 Å². The van der Waals surface area contributed by atoms with Crippen LogP contribution in [-0.2, 0) is 10.1 Å². The summed E-state index contributed by atoms with van der Waals surface area (Å²) in [6.07, 6.45) is 0. The predicted molar refractivity (Wildman–Crippen MR) is 84.8 cm³/mol. The number of ether oxygens (including phenoxy) is 1. The molecule has 5 heteroatoms. The van der Waals surface area contributed by atoms with Gasteiger partial charge in [-0.1, -0.05) is 42.5 Å². The third kappa shape index (κ3) is 2.63. The highest BCUT2D eigenvalue weighted by atomic mass is 32.2. The fourth-order valence-electron chi connectivity index (χ4n) is 2.29. The van der Waals surface area contributed by atoms with Crippen molar-refractivity contribution < 1.29 is 17.3 Å². The van der Waals surface area contributed by atoms with Crippen LogP contribution in [-0.4, -0.2) is 15.5 Å². The highest BCUT2D eigenvalue weighted by molar-refractivity contribution is 7.87. The van der Waals surface area contributed by atoms with Gasteiger partial charge in [0.15, 0.2) is 0 Å². The molecule has 0 radical (unpaired) electrons. The van der Waals surface area contributed by atoms with Crippen LogP contribution in [0.2, 0.25) is 0 Å². The van der Waals surface area contributed by atoms with E-state index in [1.54, 1.807) is 55.6 Å². The predicted octanol–water partition coefficient (Wildman–Crippen LogP) is 3.62. The fourth-order valence-corrected chi connectivity index (χ4v) is 3.42. The Labute approximate surface area is 129 Å². The van der Waals surface area contributed by atoms with E-state index < -0.39 is 10.1 Å². The van der Waals surface area contributed by atoms with Crippen LogP contribution in [0, 0.1) is 0 Å². The second-order valence-corrected chi connectivity index (χ2v) is 6.18. The summed E-state index contributed by atoms with van der Waals surface area (Å²) in [6, 6.07) is 18.7. The Balaban J connectivity index is 2.14. The maximum absolute atomic E-state index is 12.6. The van der Waals surface area contributed by atoms with Crippen molar-refractivity contribution in [2.75, 3.05) is 7.11 Å². The summed E-state index contributed by atoms with van der Waals surface area (Å²) in [5.74, 6) is 0.900. The molecule has 0 amide bonds.